The molecule has 1 aliphatic rings. The summed E-state index contributed by atoms with van der Waals surface area (Å²) in [4.78, 5) is 30.3. The molecule has 0 saturated heterocycles. The highest BCUT2D eigenvalue weighted by molar-refractivity contribution is 6.45. The van der Waals surface area contributed by atoms with Crippen LogP contribution in [0.4, 0.5) is 5.69 Å². The summed E-state index contributed by atoms with van der Waals surface area (Å²) in [5, 5.41) is 0.534. The van der Waals surface area contributed by atoms with E-state index in [1.807, 2.05) is 36.9 Å². The van der Waals surface area contributed by atoms with Crippen LogP contribution >= 0.6 is 11.6 Å². The molecule has 2 amide bonds. The first-order valence-corrected chi connectivity index (χ1v) is 10.5. The second-order valence-corrected chi connectivity index (χ2v) is 7.85. The van der Waals surface area contributed by atoms with E-state index in [4.69, 9.17) is 21.1 Å². The summed E-state index contributed by atoms with van der Waals surface area (Å²) in [6.07, 6.45) is 0. The second-order valence-electron chi connectivity index (χ2n) is 7.42. The quantitative estimate of drug-likeness (QED) is 0.552. The predicted octanol–water partition coefficient (Wildman–Crippen LogP) is 3.84. The van der Waals surface area contributed by atoms with E-state index >= 15 is 0 Å². The number of carbonyl (C=O) groups is 2. The second kappa shape index (κ2) is 10.1. The van der Waals surface area contributed by atoms with Crippen LogP contribution in [0.3, 0.4) is 0 Å². The van der Waals surface area contributed by atoms with Crippen LogP contribution in [-0.4, -0.2) is 57.2 Å². The number of benzene rings is 2. The van der Waals surface area contributed by atoms with Gasteiger partial charge in [-0.25, -0.2) is 4.90 Å². The van der Waals surface area contributed by atoms with Gasteiger partial charge >= 0.3 is 0 Å². The van der Waals surface area contributed by atoms with E-state index in [9.17, 15) is 9.59 Å². The lowest BCUT2D eigenvalue weighted by atomic mass is 9.99. The van der Waals surface area contributed by atoms with Crippen molar-refractivity contribution < 1.29 is 19.1 Å². The molecule has 2 aromatic carbocycles. The van der Waals surface area contributed by atoms with Crippen LogP contribution in [0.5, 0.6) is 0 Å². The number of halogens is 1. The summed E-state index contributed by atoms with van der Waals surface area (Å²) < 4.78 is 10.5. The van der Waals surface area contributed by atoms with E-state index in [2.05, 4.69) is 0 Å². The SMILES string of the molecule is COCCN(CCOC)C1=C(c2ccc(C)c(C)c2)C(=O)N(c2ccc(Cl)cc2)C1=O. The first-order valence-electron chi connectivity index (χ1n) is 10.1. The van der Waals surface area contributed by atoms with E-state index in [1.165, 1.54) is 4.90 Å². The molecule has 7 heteroatoms. The maximum absolute atomic E-state index is 13.6. The smallest absolute Gasteiger partial charge is 0.282 e. The summed E-state index contributed by atoms with van der Waals surface area (Å²) >= 11 is 6.01. The standard InChI is InChI=1S/C24H27ClN2O4/c1-16-5-6-18(15-17(16)2)21-22(26(11-13-30-3)12-14-31-4)24(29)27(23(21)28)20-9-7-19(25)8-10-20/h5-10,15H,11-14H2,1-4H3. The molecule has 0 fully saturated rings. The number of nitrogens with zero attached hydrogens (tertiary/aromatic N) is 2. The molecule has 0 bridgehead atoms. The fraction of sp³-hybridized carbons (Fsp3) is 0.333. The molecule has 0 aliphatic carbocycles. The number of carbonyl (C=O) groups excluding carboxylic acids is 2. The molecule has 0 spiro atoms. The molecule has 0 unspecified atom stereocenters. The molecule has 31 heavy (non-hydrogen) atoms. The minimum absolute atomic E-state index is 0.356. The number of amides is 2. The Morgan fingerprint density at radius 3 is 2.03 bits per heavy atom. The van der Waals surface area contributed by atoms with Gasteiger partial charge in [0.2, 0.25) is 0 Å². The third-order valence-corrected chi connectivity index (χ3v) is 5.64. The maximum Gasteiger partial charge on any atom is 0.282 e. The van der Waals surface area contributed by atoms with E-state index in [1.54, 1.807) is 38.5 Å². The molecule has 3 rings (SSSR count). The molecule has 164 valence electrons. The number of ether oxygens (including phenoxy) is 2. The maximum atomic E-state index is 13.6. The van der Waals surface area contributed by atoms with Gasteiger partial charge in [0, 0.05) is 32.3 Å². The van der Waals surface area contributed by atoms with Crippen LogP contribution < -0.4 is 4.90 Å². The zero-order valence-corrected chi connectivity index (χ0v) is 19.0. The Labute approximate surface area is 188 Å². The van der Waals surface area contributed by atoms with Gasteiger partial charge < -0.3 is 14.4 Å². The van der Waals surface area contributed by atoms with Crippen LogP contribution in [0.15, 0.2) is 48.2 Å². The van der Waals surface area contributed by atoms with E-state index in [-0.39, 0.29) is 11.8 Å². The normalized spacial score (nSPS) is 14.0. The van der Waals surface area contributed by atoms with E-state index in [0.717, 1.165) is 11.1 Å². The van der Waals surface area contributed by atoms with Crippen molar-refractivity contribution in [2.24, 2.45) is 0 Å². The van der Waals surface area contributed by atoms with Crippen LogP contribution in [0.1, 0.15) is 16.7 Å². The number of aryl methyl sites for hydroxylation is 2. The van der Waals surface area contributed by atoms with Crippen molar-refractivity contribution >= 4 is 34.7 Å². The first-order chi connectivity index (χ1) is 14.9. The highest BCUT2D eigenvalue weighted by Crippen LogP contribution is 2.35. The number of imide groups is 1. The van der Waals surface area contributed by atoms with E-state index in [0.29, 0.717) is 53.8 Å². The molecule has 2 aromatic rings. The van der Waals surface area contributed by atoms with Crippen molar-refractivity contribution in [2.75, 3.05) is 45.4 Å². The van der Waals surface area contributed by atoms with Crippen LogP contribution in [-0.2, 0) is 19.1 Å². The lowest BCUT2D eigenvalue weighted by Crippen LogP contribution is -2.37. The molecule has 0 radical (unpaired) electrons. The van der Waals surface area contributed by atoms with Crippen molar-refractivity contribution in [3.63, 3.8) is 0 Å². The van der Waals surface area contributed by atoms with Crippen LogP contribution in [0.2, 0.25) is 5.02 Å². The minimum atomic E-state index is -0.368. The molecule has 0 aromatic heterocycles. The minimum Gasteiger partial charge on any atom is -0.383 e. The topological polar surface area (TPSA) is 59.1 Å². The Bertz CT molecular complexity index is 993. The average molecular weight is 443 g/mol. The average Bonchev–Trinajstić information content (AvgIpc) is 3.01. The Morgan fingerprint density at radius 1 is 0.871 bits per heavy atom. The number of methoxy groups -OCH3 is 2. The Hall–Kier alpha value is -2.67. The molecular formula is C24H27ClN2O4. The number of rotatable bonds is 9. The van der Waals surface area contributed by atoms with Crippen molar-refractivity contribution in [1.82, 2.24) is 4.90 Å². The van der Waals surface area contributed by atoms with Crippen LogP contribution in [0, 0.1) is 13.8 Å². The Morgan fingerprint density at radius 2 is 1.48 bits per heavy atom. The summed E-state index contributed by atoms with van der Waals surface area (Å²) in [5.74, 6) is -0.724. The number of hydrogen-bond donors (Lipinski definition) is 0. The zero-order chi connectivity index (χ0) is 22.5. The number of anilines is 1. The third-order valence-electron chi connectivity index (χ3n) is 5.39. The van der Waals surface area contributed by atoms with Gasteiger partial charge in [-0.05, 0) is 54.8 Å². The Balaban J connectivity index is 2.14. The summed E-state index contributed by atoms with van der Waals surface area (Å²) in [6, 6.07) is 12.5. The van der Waals surface area contributed by atoms with Gasteiger partial charge in [-0.15, -0.1) is 0 Å². The molecule has 0 N–H and O–H groups in total. The third kappa shape index (κ3) is 4.82. The lowest BCUT2D eigenvalue weighted by Gasteiger charge is -2.25. The molecule has 1 aliphatic heterocycles. The summed E-state index contributed by atoms with van der Waals surface area (Å²) in [7, 11) is 3.21. The van der Waals surface area contributed by atoms with Gasteiger partial charge in [0.15, 0.2) is 0 Å². The van der Waals surface area contributed by atoms with Crippen LogP contribution in [0.25, 0.3) is 5.57 Å². The number of hydrogen-bond acceptors (Lipinski definition) is 5. The lowest BCUT2D eigenvalue weighted by molar-refractivity contribution is -0.120. The van der Waals surface area contributed by atoms with Gasteiger partial charge in [-0.2, -0.15) is 0 Å². The van der Waals surface area contributed by atoms with Crippen molar-refractivity contribution in [3.05, 3.63) is 69.9 Å². The Kier molecular flexibility index (Phi) is 7.49. The van der Waals surface area contributed by atoms with Crippen molar-refractivity contribution in [3.8, 4) is 0 Å². The van der Waals surface area contributed by atoms with Gasteiger partial charge in [-0.1, -0.05) is 29.8 Å². The molecule has 0 atom stereocenters. The van der Waals surface area contributed by atoms with Gasteiger partial charge in [-0.3, -0.25) is 9.59 Å². The largest absolute Gasteiger partial charge is 0.383 e. The molecule has 6 nitrogen and oxygen atoms in total. The van der Waals surface area contributed by atoms with Crippen molar-refractivity contribution in [1.29, 1.82) is 0 Å². The molecule has 1 heterocycles. The van der Waals surface area contributed by atoms with Crippen molar-refractivity contribution in [2.45, 2.75) is 13.8 Å². The molecule has 0 saturated carbocycles. The fourth-order valence-corrected chi connectivity index (χ4v) is 3.66. The monoisotopic (exact) mass is 442 g/mol. The summed E-state index contributed by atoms with van der Waals surface area (Å²) in [6.45, 7) is 5.74. The highest BCUT2D eigenvalue weighted by Gasteiger charge is 2.42. The zero-order valence-electron chi connectivity index (χ0n) is 18.3. The van der Waals surface area contributed by atoms with Gasteiger partial charge in [0.05, 0.1) is 24.5 Å². The van der Waals surface area contributed by atoms with Gasteiger partial charge in [0.1, 0.15) is 5.70 Å². The highest BCUT2D eigenvalue weighted by atomic mass is 35.5. The fourth-order valence-electron chi connectivity index (χ4n) is 3.53. The first kappa shape index (κ1) is 23.0. The summed E-state index contributed by atoms with van der Waals surface area (Å²) in [5.41, 5.74) is 4.11. The predicted molar refractivity (Wildman–Crippen MR) is 122 cm³/mol. The van der Waals surface area contributed by atoms with E-state index < -0.39 is 0 Å². The molecular weight excluding hydrogens is 416 g/mol. The van der Waals surface area contributed by atoms with Gasteiger partial charge in [0.25, 0.3) is 11.8 Å².